The largest absolute Gasteiger partial charge is 1.00 e. The second-order valence-corrected chi connectivity index (χ2v) is 5.05. The summed E-state index contributed by atoms with van der Waals surface area (Å²) in [5.74, 6) is -1.46. The average molecular weight is 405 g/mol. The Morgan fingerprint density at radius 2 is 1.08 bits per heavy atom. The number of rotatable bonds is 1. The Labute approximate surface area is 237 Å². The fourth-order valence-electron chi connectivity index (χ4n) is 2.48. The average Bonchev–Trinajstić information content (AvgIpc) is 3.03. The van der Waals surface area contributed by atoms with Gasteiger partial charge >= 0.3 is 103 Å². The van der Waals surface area contributed by atoms with Gasteiger partial charge in [0.25, 0.3) is 23.6 Å². The van der Waals surface area contributed by atoms with Crippen molar-refractivity contribution in [2.75, 3.05) is 6.73 Å². The van der Waals surface area contributed by atoms with Gasteiger partial charge in [0.15, 0.2) is 0 Å². The van der Waals surface area contributed by atoms with E-state index in [1.807, 2.05) is 0 Å². The molecule has 2 aromatic rings. The van der Waals surface area contributed by atoms with Crippen LogP contribution in [0.3, 0.4) is 0 Å². The van der Waals surface area contributed by atoms with Gasteiger partial charge in [0.05, 0.1) is 22.3 Å². The van der Waals surface area contributed by atoms with Gasteiger partial charge in [-0.05, 0) is 24.3 Å². The first kappa shape index (κ1) is 24.0. The zero-order valence-corrected chi connectivity index (χ0v) is 20.6. The Balaban J connectivity index is 0. The van der Waals surface area contributed by atoms with Gasteiger partial charge in [0.1, 0.15) is 6.73 Å². The van der Waals surface area contributed by atoms with Crippen molar-refractivity contribution in [3.63, 3.8) is 0 Å². The molecule has 0 atom stereocenters. The Morgan fingerprint density at radius 3 is 1.42 bits per heavy atom. The van der Waals surface area contributed by atoms with Gasteiger partial charge in [-0.25, -0.2) is 0 Å². The minimum Gasteiger partial charge on any atom is -1.00 e. The molecule has 0 saturated heterocycles. The summed E-state index contributed by atoms with van der Waals surface area (Å²) in [6, 6.07) is 13.3. The van der Waals surface area contributed by atoms with Crippen LogP contribution < -0.4 is 108 Å². The summed E-state index contributed by atoms with van der Waals surface area (Å²) in [7, 11) is 0. The molecule has 0 fully saturated rings. The third-order valence-electron chi connectivity index (χ3n) is 3.66. The van der Waals surface area contributed by atoms with Gasteiger partial charge in [-0.1, -0.05) is 24.3 Å². The van der Waals surface area contributed by atoms with Gasteiger partial charge in [-0.2, -0.15) is 0 Å². The van der Waals surface area contributed by atoms with Crippen molar-refractivity contribution in [3.8, 4) is 0 Å². The topological polar surface area (TPSA) is 104 Å². The molecule has 4 amide bonds. The van der Waals surface area contributed by atoms with E-state index in [2.05, 4.69) is 5.32 Å². The van der Waals surface area contributed by atoms with Gasteiger partial charge in [-0.15, -0.1) is 0 Å². The van der Waals surface area contributed by atoms with E-state index in [9.17, 15) is 19.2 Å². The summed E-state index contributed by atoms with van der Waals surface area (Å²) in [4.78, 5) is 45.5. The molecule has 0 unspecified atom stereocenters. The van der Waals surface area contributed by atoms with Crippen molar-refractivity contribution in [2.24, 2.45) is 0 Å². The zero-order chi connectivity index (χ0) is 17.3. The number of aliphatic hydroxyl groups is 1. The summed E-state index contributed by atoms with van der Waals surface area (Å²) in [6.45, 7) is -0.563. The van der Waals surface area contributed by atoms with Crippen molar-refractivity contribution < 1.29 is 130 Å². The molecule has 2 aliphatic heterocycles. The van der Waals surface area contributed by atoms with Crippen LogP contribution in [0.4, 0.5) is 0 Å². The maximum Gasteiger partial charge on any atom is 1.00 e. The van der Waals surface area contributed by atoms with E-state index in [1.165, 1.54) is 0 Å². The molecule has 2 heterocycles. The van der Waals surface area contributed by atoms with Crippen LogP contribution in [0.5, 0.6) is 0 Å². The van der Waals surface area contributed by atoms with E-state index in [1.54, 1.807) is 48.5 Å². The summed E-state index contributed by atoms with van der Waals surface area (Å²) in [5, 5.41) is 11.0. The minimum atomic E-state index is -0.563. The molecule has 0 saturated carbocycles. The number of carbonyl (C=O) groups excluding carboxylic acids is 4. The van der Waals surface area contributed by atoms with E-state index >= 15 is 0 Å². The molecule has 2 aromatic carbocycles. The Bertz CT molecular complexity index is 827. The van der Waals surface area contributed by atoms with Crippen molar-refractivity contribution in [3.05, 3.63) is 70.8 Å². The predicted molar refractivity (Wildman–Crippen MR) is 84.5 cm³/mol. The van der Waals surface area contributed by atoms with Crippen LogP contribution in [0.1, 0.15) is 44.3 Å². The van der Waals surface area contributed by atoms with Crippen molar-refractivity contribution in [2.45, 2.75) is 0 Å². The molecule has 0 radical (unpaired) electrons. The molecule has 7 nitrogen and oxygen atoms in total. The standard InChI is InChI=1S/C9H7NO3.C8H5NO2.2K.2H/c11-5-10-8(12)6-3-1-2-4-7(6)9(10)13;10-7-5-3-1-2-4-6(5)8(11)9-7;;;;/h1-4,11H,5H2;1-4H,(H,9,10,11);;;;/q;;2*+1;2*-1. The van der Waals surface area contributed by atoms with Crippen molar-refractivity contribution in [1.82, 2.24) is 10.2 Å². The van der Waals surface area contributed by atoms with Crippen LogP contribution in [0, 0.1) is 0 Å². The third kappa shape index (κ3) is 4.68. The first-order valence-electron chi connectivity index (χ1n) is 7.05. The number of hydrogen-bond acceptors (Lipinski definition) is 5. The van der Waals surface area contributed by atoms with Crippen LogP contribution >= 0.6 is 0 Å². The molecule has 26 heavy (non-hydrogen) atoms. The molecule has 0 bridgehead atoms. The second kappa shape index (κ2) is 10.5. The summed E-state index contributed by atoms with van der Waals surface area (Å²) in [6.07, 6.45) is 0. The fourth-order valence-corrected chi connectivity index (χ4v) is 2.48. The summed E-state index contributed by atoms with van der Waals surface area (Å²) < 4.78 is 0. The molecule has 0 aliphatic carbocycles. The number of nitrogens with zero attached hydrogens (tertiary/aromatic N) is 1. The van der Waals surface area contributed by atoms with Gasteiger partial charge in [0, 0.05) is 0 Å². The minimum absolute atomic E-state index is 0. The zero-order valence-electron chi connectivity index (χ0n) is 16.4. The maximum absolute atomic E-state index is 11.4. The number of nitrogens with one attached hydrogen (secondary N) is 1. The predicted octanol–water partition coefficient (Wildman–Crippen LogP) is -4.96. The van der Waals surface area contributed by atoms with Gasteiger partial charge < -0.3 is 7.96 Å². The maximum atomic E-state index is 11.4. The smallest absolute Gasteiger partial charge is 1.00 e. The number of aliphatic hydroxyl groups excluding tert-OH is 1. The summed E-state index contributed by atoms with van der Waals surface area (Å²) in [5.41, 5.74) is 1.66. The van der Waals surface area contributed by atoms with E-state index in [0.717, 1.165) is 4.90 Å². The number of carbonyl (C=O) groups is 4. The van der Waals surface area contributed by atoms with E-state index in [-0.39, 0.29) is 117 Å². The number of fused-ring (bicyclic) bond motifs is 2. The molecule has 0 aromatic heterocycles. The molecule has 4 rings (SSSR count). The third-order valence-corrected chi connectivity index (χ3v) is 3.66. The first-order chi connectivity index (χ1) is 11.5. The van der Waals surface area contributed by atoms with Crippen molar-refractivity contribution in [1.29, 1.82) is 0 Å². The molecule has 124 valence electrons. The quantitative estimate of drug-likeness (QED) is 0.366. The van der Waals surface area contributed by atoms with Crippen LogP contribution in [0.15, 0.2) is 48.5 Å². The van der Waals surface area contributed by atoms with E-state index in [4.69, 9.17) is 5.11 Å². The van der Waals surface area contributed by atoms with Crippen LogP contribution in [0.2, 0.25) is 0 Å². The number of hydrogen-bond donors (Lipinski definition) is 2. The number of amides is 4. The Morgan fingerprint density at radius 1 is 0.731 bits per heavy atom. The van der Waals surface area contributed by atoms with Gasteiger partial charge in [0.2, 0.25) is 0 Å². The van der Waals surface area contributed by atoms with E-state index in [0.29, 0.717) is 22.3 Å². The Kier molecular flexibility index (Phi) is 9.67. The Hall–Kier alpha value is -0.0473. The molecule has 0 spiro atoms. The molecule has 9 heteroatoms. The van der Waals surface area contributed by atoms with Gasteiger partial charge in [-0.3, -0.25) is 29.4 Å². The van der Waals surface area contributed by atoms with Crippen molar-refractivity contribution >= 4 is 23.6 Å². The molecule has 2 N–H and O–H groups in total. The molecular weight excluding hydrogens is 390 g/mol. The van der Waals surface area contributed by atoms with Crippen LogP contribution in [-0.2, 0) is 0 Å². The normalized spacial score (nSPS) is 13.7. The molecule has 2 aliphatic rings. The van der Waals surface area contributed by atoms with Crippen LogP contribution in [0.25, 0.3) is 0 Å². The first-order valence-corrected chi connectivity index (χ1v) is 7.05. The summed E-state index contributed by atoms with van der Waals surface area (Å²) >= 11 is 0. The number of benzene rings is 2. The molecular formula is C17H14K2N2O5. The van der Waals surface area contributed by atoms with E-state index < -0.39 is 18.5 Å². The second-order valence-electron chi connectivity index (χ2n) is 5.05. The van der Waals surface area contributed by atoms with Crippen LogP contribution in [-0.4, -0.2) is 40.4 Å². The number of imide groups is 2. The SMILES string of the molecule is O=C1NC(=O)c2ccccc21.O=C1c2ccccc2C(=O)N1CO.[H-].[H-].[K+].[K+]. The fraction of sp³-hybridized carbons (Fsp3) is 0.0588. The monoisotopic (exact) mass is 404 g/mol.